The topological polar surface area (TPSA) is 18.8 Å². The second-order valence-electron chi connectivity index (χ2n) is 6.15. The molecule has 1 atom stereocenters. The molecule has 0 aliphatic carbocycles. The lowest BCUT2D eigenvalue weighted by Crippen LogP contribution is -2.48. The molecule has 1 saturated heterocycles. The molecule has 0 spiro atoms. The van der Waals surface area contributed by atoms with Crippen LogP contribution in [0.4, 0.5) is 8.78 Å². The highest BCUT2D eigenvalue weighted by Gasteiger charge is 2.22. The monoisotopic (exact) mass is 319 g/mol. The molecule has 23 heavy (non-hydrogen) atoms. The molecule has 1 unspecified atom stereocenters. The van der Waals surface area contributed by atoms with Crippen LogP contribution in [-0.4, -0.2) is 47.9 Å². The Bertz CT molecular complexity index is 584. The quantitative estimate of drug-likeness (QED) is 0.852. The molecule has 0 saturated carbocycles. The summed E-state index contributed by atoms with van der Waals surface area (Å²) in [5, 5.41) is 0. The van der Waals surface area contributed by atoms with Gasteiger partial charge in [-0.3, -0.25) is 9.89 Å². The van der Waals surface area contributed by atoms with Crippen molar-refractivity contribution < 1.29 is 8.78 Å². The molecule has 2 aliphatic rings. The maximum atomic E-state index is 13.7. The largest absolute Gasteiger partial charge is 0.354 e. The van der Waals surface area contributed by atoms with Gasteiger partial charge in [-0.25, -0.2) is 8.78 Å². The van der Waals surface area contributed by atoms with Crippen molar-refractivity contribution in [1.82, 2.24) is 9.80 Å². The maximum Gasteiger partial charge on any atom is 0.130 e. The number of amidine groups is 1. The summed E-state index contributed by atoms with van der Waals surface area (Å²) in [6.07, 6.45) is 6.36. The molecule has 0 bridgehead atoms. The first-order valence-corrected chi connectivity index (χ1v) is 8.32. The Morgan fingerprint density at radius 3 is 2.48 bits per heavy atom. The van der Waals surface area contributed by atoms with Gasteiger partial charge >= 0.3 is 0 Å². The Morgan fingerprint density at radius 1 is 1.13 bits per heavy atom. The molecule has 1 fully saturated rings. The molecular weight excluding hydrogens is 296 g/mol. The van der Waals surface area contributed by atoms with Gasteiger partial charge < -0.3 is 4.90 Å². The Labute approximate surface area is 136 Å². The number of hydrogen-bond donors (Lipinski definition) is 0. The Morgan fingerprint density at radius 2 is 1.83 bits per heavy atom. The van der Waals surface area contributed by atoms with Crippen LogP contribution in [0.3, 0.4) is 0 Å². The van der Waals surface area contributed by atoms with Crippen LogP contribution >= 0.6 is 0 Å². The van der Waals surface area contributed by atoms with E-state index in [1.165, 1.54) is 18.2 Å². The summed E-state index contributed by atoms with van der Waals surface area (Å²) in [7, 11) is 0. The molecule has 0 aromatic heterocycles. The van der Waals surface area contributed by atoms with Crippen molar-refractivity contribution in [3.63, 3.8) is 0 Å². The number of aliphatic imine (C=N–C) groups is 1. The van der Waals surface area contributed by atoms with Crippen LogP contribution in [0.2, 0.25) is 0 Å². The maximum absolute atomic E-state index is 13.7. The second kappa shape index (κ2) is 7.21. The van der Waals surface area contributed by atoms with Gasteiger partial charge in [0, 0.05) is 38.3 Å². The van der Waals surface area contributed by atoms with Crippen LogP contribution in [0.1, 0.15) is 25.3 Å². The number of rotatable bonds is 3. The average Bonchev–Trinajstić information content (AvgIpc) is 2.59. The highest BCUT2D eigenvalue weighted by atomic mass is 19.1. The smallest absolute Gasteiger partial charge is 0.130 e. The van der Waals surface area contributed by atoms with E-state index in [2.05, 4.69) is 28.9 Å². The van der Waals surface area contributed by atoms with Crippen LogP contribution in [0.25, 0.3) is 0 Å². The minimum Gasteiger partial charge on any atom is -0.354 e. The third-order valence-corrected chi connectivity index (χ3v) is 4.60. The number of nitrogens with zero attached hydrogens (tertiary/aromatic N) is 3. The molecule has 0 amide bonds. The summed E-state index contributed by atoms with van der Waals surface area (Å²) in [6.45, 7) is 5.75. The summed E-state index contributed by atoms with van der Waals surface area (Å²) >= 11 is 0. The molecule has 0 N–H and O–H groups in total. The Hall–Kier alpha value is -1.75. The SMILES string of the molecule is CCC1CC=CC(N2CCN(Cc3c(F)cccc3F)CC2)=N1. The minimum atomic E-state index is -0.460. The van der Waals surface area contributed by atoms with Crippen molar-refractivity contribution in [1.29, 1.82) is 0 Å². The van der Waals surface area contributed by atoms with Crippen LogP contribution in [0.5, 0.6) is 0 Å². The zero-order valence-corrected chi connectivity index (χ0v) is 13.5. The third kappa shape index (κ3) is 3.78. The van der Waals surface area contributed by atoms with Crippen LogP contribution < -0.4 is 0 Å². The summed E-state index contributed by atoms with van der Waals surface area (Å²) < 4.78 is 27.5. The molecule has 5 heteroatoms. The Balaban J connectivity index is 1.59. The van der Waals surface area contributed by atoms with Crippen molar-refractivity contribution in [2.75, 3.05) is 26.2 Å². The lowest BCUT2D eigenvalue weighted by atomic mass is 10.1. The van der Waals surface area contributed by atoms with Crippen molar-refractivity contribution in [2.24, 2.45) is 4.99 Å². The van der Waals surface area contributed by atoms with E-state index in [1.54, 1.807) is 0 Å². The molecule has 1 aromatic carbocycles. The summed E-state index contributed by atoms with van der Waals surface area (Å²) in [6, 6.07) is 4.44. The van der Waals surface area contributed by atoms with E-state index in [4.69, 9.17) is 4.99 Å². The van der Waals surface area contributed by atoms with E-state index in [0.717, 1.165) is 44.9 Å². The minimum absolute atomic E-state index is 0.168. The van der Waals surface area contributed by atoms with Crippen molar-refractivity contribution in [3.8, 4) is 0 Å². The standard InChI is InChI=1S/C18H23F2N3/c1-2-14-5-3-8-18(21-14)23-11-9-22(10-12-23)13-15-16(19)6-4-7-17(15)20/h3-4,6-8,14H,2,5,9-13H2,1H3. The first-order valence-electron chi connectivity index (χ1n) is 8.32. The van der Waals surface area contributed by atoms with E-state index >= 15 is 0 Å². The van der Waals surface area contributed by atoms with E-state index < -0.39 is 11.6 Å². The van der Waals surface area contributed by atoms with Crippen molar-refractivity contribution in [3.05, 3.63) is 47.5 Å². The fourth-order valence-corrected chi connectivity index (χ4v) is 3.10. The second-order valence-corrected chi connectivity index (χ2v) is 6.15. The van der Waals surface area contributed by atoms with Gasteiger partial charge in [0.2, 0.25) is 0 Å². The summed E-state index contributed by atoms with van der Waals surface area (Å²) in [5.74, 6) is 0.135. The van der Waals surface area contributed by atoms with Gasteiger partial charge in [-0.05, 0) is 31.1 Å². The molecule has 1 aromatic rings. The van der Waals surface area contributed by atoms with E-state index in [0.29, 0.717) is 12.6 Å². The molecular formula is C18H23F2N3. The number of halogens is 2. The molecule has 3 rings (SSSR count). The number of piperazine rings is 1. The van der Waals surface area contributed by atoms with Crippen LogP contribution in [0.15, 0.2) is 35.3 Å². The third-order valence-electron chi connectivity index (χ3n) is 4.60. The predicted octanol–water partition coefficient (Wildman–Crippen LogP) is 3.22. The van der Waals surface area contributed by atoms with Crippen LogP contribution in [-0.2, 0) is 6.54 Å². The number of dihydropyridines is 1. The van der Waals surface area contributed by atoms with Gasteiger partial charge in [0.05, 0.1) is 6.04 Å². The van der Waals surface area contributed by atoms with Gasteiger partial charge in [0.15, 0.2) is 0 Å². The van der Waals surface area contributed by atoms with Gasteiger partial charge in [-0.1, -0.05) is 19.1 Å². The molecule has 2 heterocycles. The van der Waals surface area contributed by atoms with E-state index in [1.807, 2.05) is 0 Å². The fourth-order valence-electron chi connectivity index (χ4n) is 3.10. The number of benzene rings is 1. The van der Waals surface area contributed by atoms with Crippen LogP contribution in [0, 0.1) is 11.6 Å². The molecule has 3 nitrogen and oxygen atoms in total. The summed E-state index contributed by atoms with van der Waals surface area (Å²) in [4.78, 5) is 9.15. The van der Waals surface area contributed by atoms with Crippen molar-refractivity contribution >= 4 is 5.84 Å². The van der Waals surface area contributed by atoms with Crippen molar-refractivity contribution in [2.45, 2.75) is 32.4 Å². The van der Waals surface area contributed by atoms with E-state index in [9.17, 15) is 8.78 Å². The predicted molar refractivity (Wildman–Crippen MR) is 88.5 cm³/mol. The highest BCUT2D eigenvalue weighted by molar-refractivity contribution is 5.93. The molecule has 0 radical (unpaired) electrons. The normalized spacial score (nSPS) is 22.3. The van der Waals surface area contributed by atoms with Gasteiger partial charge in [0.1, 0.15) is 17.5 Å². The first-order chi connectivity index (χ1) is 11.2. The van der Waals surface area contributed by atoms with Gasteiger partial charge in [-0.2, -0.15) is 0 Å². The average molecular weight is 319 g/mol. The fraction of sp³-hybridized carbons (Fsp3) is 0.500. The number of hydrogen-bond acceptors (Lipinski definition) is 3. The van der Waals surface area contributed by atoms with E-state index in [-0.39, 0.29) is 5.56 Å². The lowest BCUT2D eigenvalue weighted by molar-refractivity contribution is 0.172. The van der Waals surface area contributed by atoms with Gasteiger partial charge in [-0.15, -0.1) is 0 Å². The highest BCUT2D eigenvalue weighted by Crippen LogP contribution is 2.17. The molecule has 2 aliphatic heterocycles. The summed E-state index contributed by atoms with van der Waals surface area (Å²) in [5.41, 5.74) is 0.168. The zero-order valence-electron chi connectivity index (χ0n) is 13.5. The zero-order chi connectivity index (χ0) is 16.2. The first kappa shape index (κ1) is 16.1. The molecule has 124 valence electrons. The van der Waals surface area contributed by atoms with Gasteiger partial charge in [0.25, 0.3) is 0 Å². The lowest BCUT2D eigenvalue weighted by Gasteiger charge is -2.37. The Kier molecular flexibility index (Phi) is 5.06.